The van der Waals surface area contributed by atoms with Crippen LogP contribution >= 0.6 is 22.9 Å². The topological polar surface area (TPSA) is 68.3 Å². The highest BCUT2D eigenvalue weighted by molar-refractivity contribution is 7.10. The smallest absolute Gasteiger partial charge is 0.418 e. The van der Waals surface area contributed by atoms with Gasteiger partial charge in [-0.15, -0.1) is 11.3 Å². The molecule has 188 valence electrons. The molecule has 1 aliphatic carbocycles. The van der Waals surface area contributed by atoms with E-state index in [1.54, 1.807) is 29.5 Å². The molecule has 0 radical (unpaired) electrons. The standard InChI is InChI=1S/C27H18ClF3N2O3S/c28-20-8-3-7-19(27(29,30)31)25(20)33-22(34)14-36-26(35)23-17-6-1-2-9-21(17)32-24-15(10-11-18(23)24)13-16-5-4-12-37-16/h1-9,12-13H,10-11,14H2,(H,33,34)/b15-13+. The second kappa shape index (κ2) is 9.99. The highest BCUT2D eigenvalue weighted by atomic mass is 35.5. The second-order valence-electron chi connectivity index (χ2n) is 8.30. The number of nitrogens with zero attached hydrogens (tertiary/aromatic N) is 1. The molecule has 1 N–H and O–H groups in total. The fraction of sp³-hybridized carbons (Fsp3) is 0.148. The van der Waals surface area contributed by atoms with Crippen molar-refractivity contribution < 1.29 is 27.5 Å². The number of ether oxygens (including phenoxy) is 1. The van der Waals surface area contributed by atoms with Crippen molar-refractivity contribution in [1.82, 2.24) is 4.98 Å². The Morgan fingerprint density at radius 2 is 1.89 bits per heavy atom. The van der Waals surface area contributed by atoms with Gasteiger partial charge in [-0.1, -0.05) is 41.9 Å². The lowest BCUT2D eigenvalue weighted by atomic mass is 10.0. The molecule has 37 heavy (non-hydrogen) atoms. The monoisotopic (exact) mass is 542 g/mol. The summed E-state index contributed by atoms with van der Waals surface area (Å²) in [6.07, 6.45) is -1.43. The van der Waals surface area contributed by atoms with E-state index in [2.05, 4.69) is 5.32 Å². The number of pyridine rings is 1. The highest BCUT2D eigenvalue weighted by Crippen LogP contribution is 2.39. The van der Waals surface area contributed by atoms with Crippen LogP contribution in [-0.2, 0) is 22.1 Å². The second-order valence-corrected chi connectivity index (χ2v) is 9.69. The van der Waals surface area contributed by atoms with Gasteiger partial charge in [0, 0.05) is 10.3 Å². The van der Waals surface area contributed by atoms with Gasteiger partial charge in [-0.25, -0.2) is 9.78 Å². The van der Waals surface area contributed by atoms with Crippen molar-refractivity contribution in [2.75, 3.05) is 11.9 Å². The van der Waals surface area contributed by atoms with Crippen LogP contribution in [0, 0.1) is 0 Å². The molecule has 2 aromatic carbocycles. The van der Waals surface area contributed by atoms with Gasteiger partial charge in [0.15, 0.2) is 6.61 Å². The van der Waals surface area contributed by atoms with Crippen molar-refractivity contribution in [3.05, 3.63) is 92.3 Å². The first-order valence-corrected chi connectivity index (χ1v) is 12.5. The van der Waals surface area contributed by atoms with Crippen LogP contribution in [0.4, 0.5) is 18.9 Å². The van der Waals surface area contributed by atoms with Crippen LogP contribution < -0.4 is 5.32 Å². The van der Waals surface area contributed by atoms with E-state index in [1.165, 1.54) is 6.07 Å². The van der Waals surface area contributed by atoms with Crippen LogP contribution in [-0.4, -0.2) is 23.5 Å². The Hall–Kier alpha value is -3.69. The van der Waals surface area contributed by atoms with Crippen LogP contribution in [0.1, 0.15) is 38.5 Å². The molecular formula is C27H18ClF3N2O3S. The zero-order valence-corrected chi connectivity index (χ0v) is 20.6. The first-order valence-electron chi connectivity index (χ1n) is 11.2. The van der Waals surface area contributed by atoms with E-state index in [0.717, 1.165) is 28.1 Å². The zero-order chi connectivity index (χ0) is 26.2. The van der Waals surface area contributed by atoms with Gasteiger partial charge in [0.05, 0.1) is 33.0 Å². The van der Waals surface area contributed by atoms with E-state index in [9.17, 15) is 22.8 Å². The maximum Gasteiger partial charge on any atom is 0.418 e. The third kappa shape index (κ3) is 5.10. The summed E-state index contributed by atoms with van der Waals surface area (Å²) in [6.45, 7) is -0.787. The van der Waals surface area contributed by atoms with Crippen LogP contribution in [0.3, 0.4) is 0 Å². The Labute approximate surface area is 218 Å². The minimum absolute atomic E-state index is 0.280. The van der Waals surface area contributed by atoms with Gasteiger partial charge in [-0.2, -0.15) is 13.2 Å². The Morgan fingerprint density at radius 1 is 1.08 bits per heavy atom. The van der Waals surface area contributed by atoms with Crippen LogP contribution in [0.2, 0.25) is 5.02 Å². The molecule has 0 unspecified atom stereocenters. The van der Waals surface area contributed by atoms with E-state index in [4.69, 9.17) is 21.3 Å². The Balaban J connectivity index is 1.42. The third-order valence-corrected chi connectivity index (χ3v) is 7.06. The number of nitrogens with one attached hydrogen (secondary N) is 1. The first kappa shape index (κ1) is 25.0. The molecule has 10 heteroatoms. The van der Waals surface area contributed by atoms with E-state index >= 15 is 0 Å². The molecule has 0 saturated carbocycles. The zero-order valence-electron chi connectivity index (χ0n) is 19.1. The number of anilines is 1. The first-order chi connectivity index (χ1) is 17.7. The number of allylic oxidation sites excluding steroid dienone is 1. The van der Waals surface area contributed by atoms with E-state index < -0.39 is 35.9 Å². The molecule has 5 rings (SSSR count). The van der Waals surface area contributed by atoms with Gasteiger partial charge in [0.25, 0.3) is 5.91 Å². The van der Waals surface area contributed by atoms with Gasteiger partial charge >= 0.3 is 12.1 Å². The van der Waals surface area contributed by atoms with E-state index in [0.29, 0.717) is 35.0 Å². The van der Waals surface area contributed by atoms with Crippen molar-refractivity contribution >= 4 is 63.1 Å². The minimum atomic E-state index is -4.73. The SMILES string of the molecule is O=C(COC(=O)c1c2c(nc3ccccc13)/C(=C/c1cccs1)CC2)Nc1c(Cl)cccc1C(F)(F)F. The van der Waals surface area contributed by atoms with Gasteiger partial charge < -0.3 is 10.1 Å². The summed E-state index contributed by atoms with van der Waals surface area (Å²) >= 11 is 7.49. The summed E-state index contributed by atoms with van der Waals surface area (Å²) < 4.78 is 45.3. The molecule has 1 aliphatic rings. The average Bonchev–Trinajstić information content (AvgIpc) is 3.52. The Kier molecular flexibility index (Phi) is 6.74. The number of hydrogen-bond acceptors (Lipinski definition) is 5. The lowest BCUT2D eigenvalue weighted by molar-refractivity contribution is -0.137. The van der Waals surface area contributed by atoms with E-state index in [-0.39, 0.29) is 5.02 Å². The molecule has 0 atom stereocenters. The van der Waals surface area contributed by atoms with Gasteiger partial charge in [0.1, 0.15) is 0 Å². The molecule has 2 aromatic heterocycles. The molecule has 5 nitrogen and oxygen atoms in total. The van der Waals surface area contributed by atoms with Crippen molar-refractivity contribution in [2.45, 2.75) is 19.0 Å². The number of carbonyl (C=O) groups is 2. The summed E-state index contributed by atoms with van der Waals surface area (Å²) in [5, 5.41) is 4.40. The summed E-state index contributed by atoms with van der Waals surface area (Å²) in [5.74, 6) is -1.70. The molecular weight excluding hydrogens is 525 g/mol. The van der Waals surface area contributed by atoms with Crippen LogP contribution in [0.25, 0.3) is 22.6 Å². The lowest BCUT2D eigenvalue weighted by Crippen LogP contribution is -2.23. The fourth-order valence-electron chi connectivity index (χ4n) is 4.32. The third-order valence-electron chi connectivity index (χ3n) is 5.92. The number of rotatable bonds is 5. The maximum atomic E-state index is 13.3. The fourth-order valence-corrected chi connectivity index (χ4v) is 5.23. The summed E-state index contributed by atoms with van der Waals surface area (Å²) in [4.78, 5) is 31.6. The van der Waals surface area contributed by atoms with Gasteiger partial charge in [-0.05, 0) is 59.7 Å². The number of fused-ring (bicyclic) bond motifs is 2. The average molecular weight is 543 g/mol. The lowest BCUT2D eigenvalue weighted by Gasteiger charge is -2.15. The summed E-state index contributed by atoms with van der Waals surface area (Å²) in [7, 11) is 0. The molecule has 1 amide bonds. The number of hydrogen-bond donors (Lipinski definition) is 1. The number of carbonyl (C=O) groups excluding carboxylic acids is 2. The predicted molar refractivity (Wildman–Crippen MR) is 138 cm³/mol. The van der Waals surface area contributed by atoms with Crippen molar-refractivity contribution in [3.8, 4) is 0 Å². The largest absolute Gasteiger partial charge is 0.452 e. The number of benzene rings is 2. The number of aromatic nitrogens is 1. The maximum absolute atomic E-state index is 13.3. The normalized spacial score (nSPS) is 14.1. The van der Waals surface area contributed by atoms with E-state index in [1.807, 2.05) is 29.7 Å². The van der Waals surface area contributed by atoms with Crippen LogP contribution in [0.15, 0.2) is 60.0 Å². The molecule has 0 aliphatic heterocycles. The number of amides is 1. The van der Waals surface area contributed by atoms with Crippen molar-refractivity contribution in [1.29, 1.82) is 0 Å². The molecule has 0 spiro atoms. The number of halogens is 4. The number of thiophene rings is 1. The van der Waals surface area contributed by atoms with Crippen molar-refractivity contribution in [3.63, 3.8) is 0 Å². The Bertz CT molecular complexity index is 1550. The molecule has 4 aromatic rings. The number of alkyl halides is 3. The minimum Gasteiger partial charge on any atom is -0.452 e. The predicted octanol–water partition coefficient (Wildman–Crippen LogP) is 7.25. The highest BCUT2D eigenvalue weighted by Gasteiger charge is 2.35. The van der Waals surface area contributed by atoms with Gasteiger partial charge in [0.2, 0.25) is 0 Å². The summed E-state index contributed by atoms with van der Waals surface area (Å²) in [6, 6.07) is 14.2. The quantitative estimate of drug-likeness (QED) is 0.270. The Morgan fingerprint density at radius 3 is 2.65 bits per heavy atom. The molecule has 0 saturated heterocycles. The number of para-hydroxylation sites is 2. The molecule has 2 heterocycles. The van der Waals surface area contributed by atoms with Crippen molar-refractivity contribution in [2.24, 2.45) is 0 Å². The van der Waals surface area contributed by atoms with Crippen LogP contribution in [0.5, 0.6) is 0 Å². The molecule has 0 fully saturated rings. The molecule has 0 bridgehead atoms. The van der Waals surface area contributed by atoms with Gasteiger partial charge in [-0.3, -0.25) is 4.79 Å². The summed E-state index contributed by atoms with van der Waals surface area (Å²) in [5.41, 5.74) is 1.64. The number of esters is 1.